The molecule has 0 atom stereocenters. The van der Waals surface area contributed by atoms with Crippen LogP contribution in [0.1, 0.15) is 19.3 Å². The molecule has 0 bridgehead atoms. The molecule has 6 heteroatoms. The zero-order chi connectivity index (χ0) is 14.5. The van der Waals surface area contributed by atoms with Crippen LogP contribution in [-0.4, -0.2) is 41.7 Å². The van der Waals surface area contributed by atoms with Gasteiger partial charge >= 0.3 is 0 Å². The number of hydrogen-bond acceptors (Lipinski definition) is 4. The molecule has 110 valence electrons. The van der Waals surface area contributed by atoms with Gasteiger partial charge in [0.1, 0.15) is 0 Å². The summed E-state index contributed by atoms with van der Waals surface area (Å²) in [5, 5.41) is 12.4. The minimum atomic E-state index is -0.140. The summed E-state index contributed by atoms with van der Waals surface area (Å²) in [5.74, 6) is -0.140. The summed E-state index contributed by atoms with van der Waals surface area (Å²) in [4.78, 5) is 14.1. The topological polar surface area (TPSA) is 78.6 Å². The van der Waals surface area contributed by atoms with E-state index in [2.05, 4.69) is 5.32 Å². The van der Waals surface area contributed by atoms with Crippen molar-refractivity contribution in [2.24, 2.45) is 0 Å². The molecule has 1 saturated carbocycles. The number of aliphatic hydroxyl groups is 1. The Hall–Kier alpha value is -1.30. The maximum Gasteiger partial charge on any atom is 0.238 e. The highest BCUT2D eigenvalue weighted by Crippen LogP contribution is 2.25. The van der Waals surface area contributed by atoms with E-state index in [1.165, 1.54) is 6.42 Å². The molecule has 1 aromatic rings. The van der Waals surface area contributed by atoms with E-state index in [4.69, 9.17) is 22.4 Å². The first kappa shape index (κ1) is 15.1. The Morgan fingerprint density at radius 1 is 1.50 bits per heavy atom. The predicted molar refractivity (Wildman–Crippen MR) is 80.8 cm³/mol. The van der Waals surface area contributed by atoms with Crippen LogP contribution in [0.3, 0.4) is 0 Å². The van der Waals surface area contributed by atoms with E-state index in [-0.39, 0.29) is 19.1 Å². The summed E-state index contributed by atoms with van der Waals surface area (Å²) in [6.07, 6.45) is 3.37. The number of rotatable bonds is 6. The van der Waals surface area contributed by atoms with Crippen molar-refractivity contribution in [1.82, 2.24) is 4.90 Å². The van der Waals surface area contributed by atoms with Gasteiger partial charge in [0.25, 0.3) is 0 Å². The van der Waals surface area contributed by atoms with E-state index in [1.54, 1.807) is 18.2 Å². The van der Waals surface area contributed by atoms with Crippen molar-refractivity contribution in [1.29, 1.82) is 0 Å². The van der Waals surface area contributed by atoms with Gasteiger partial charge in [0, 0.05) is 17.6 Å². The highest BCUT2D eigenvalue weighted by atomic mass is 35.5. The van der Waals surface area contributed by atoms with Gasteiger partial charge in [0.15, 0.2) is 0 Å². The molecule has 2 rings (SSSR count). The van der Waals surface area contributed by atoms with Gasteiger partial charge in [0.05, 0.1) is 24.5 Å². The third-order valence-electron chi connectivity index (χ3n) is 3.61. The zero-order valence-electron chi connectivity index (χ0n) is 11.3. The number of nitrogens with zero attached hydrogens (tertiary/aromatic N) is 1. The Labute approximate surface area is 123 Å². The standard InChI is InChI=1S/C14H20ClN3O2/c15-10-4-5-12(16)13(8-10)17-14(20)9-18(6-7-19)11-2-1-3-11/h4-5,8,11,19H,1-3,6-7,9,16H2,(H,17,20). The van der Waals surface area contributed by atoms with E-state index in [9.17, 15) is 4.79 Å². The quantitative estimate of drug-likeness (QED) is 0.699. The molecule has 0 saturated heterocycles. The van der Waals surface area contributed by atoms with Gasteiger partial charge in [-0.2, -0.15) is 0 Å². The molecule has 1 aliphatic carbocycles. The second-order valence-electron chi connectivity index (χ2n) is 5.06. The van der Waals surface area contributed by atoms with Crippen LogP contribution in [0.25, 0.3) is 0 Å². The Morgan fingerprint density at radius 3 is 2.85 bits per heavy atom. The fourth-order valence-electron chi connectivity index (χ4n) is 2.28. The van der Waals surface area contributed by atoms with Gasteiger partial charge in [0.2, 0.25) is 5.91 Å². The fraction of sp³-hybridized carbons (Fsp3) is 0.500. The molecule has 20 heavy (non-hydrogen) atoms. The summed E-state index contributed by atoms with van der Waals surface area (Å²) >= 11 is 5.89. The molecule has 0 aliphatic heterocycles. The summed E-state index contributed by atoms with van der Waals surface area (Å²) < 4.78 is 0. The van der Waals surface area contributed by atoms with Gasteiger partial charge in [-0.15, -0.1) is 0 Å². The van der Waals surface area contributed by atoms with Gasteiger partial charge in [-0.3, -0.25) is 9.69 Å². The van der Waals surface area contributed by atoms with Crippen LogP contribution in [-0.2, 0) is 4.79 Å². The first-order valence-electron chi connectivity index (χ1n) is 6.80. The normalized spacial score (nSPS) is 15.2. The Morgan fingerprint density at radius 2 is 2.25 bits per heavy atom. The van der Waals surface area contributed by atoms with Crippen molar-refractivity contribution in [2.45, 2.75) is 25.3 Å². The number of halogens is 1. The number of nitrogen functional groups attached to an aromatic ring is 1. The summed E-state index contributed by atoms with van der Waals surface area (Å²) in [5.41, 5.74) is 6.81. The Balaban J connectivity index is 1.94. The molecule has 0 aromatic heterocycles. The largest absolute Gasteiger partial charge is 0.397 e. The number of carbonyl (C=O) groups excluding carboxylic acids is 1. The maximum atomic E-state index is 12.1. The maximum absolute atomic E-state index is 12.1. The molecule has 1 aromatic carbocycles. The number of benzene rings is 1. The molecule has 0 unspecified atom stereocenters. The van der Waals surface area contributed by atoms with Crippen molar-refractivity contribution in [2.75, 3.05) is 30.7 Å². The lowest BCUT2D eigenvalue weighted by Gasteiger charge is -2.36. The Bertz CT molecular complexity index is 477. The molecule has 1 amide bonds. The van der Waals surface area contributed by atoms with Crippen molar-refractivity contribution in [3.63, 3.8) is 0 Å². The van der Waals surface area contributed by atoms with Crippen LogP contribution in [0.5, 0.6) is 0 Å². The summed E-state index contributed by atoms with van der Waals surface area (Å²) in [6, 6.07) is 5.38. The predicted octanol–water partition coefficient (Wildman–Crippen LogP) is 1.71. The number of amides is 1. The first-order valence-corrected chi connectivity index (χ1v) is 7.17. The second kappa shape index (κ2) is 6.92. The molecule has 0 radical (unpaired) electrons. The first-order chi connectivity index (χ1) is 9.60. The molecular weight excluding hydrogens is 278 g/mol. The van der Waals surface area contributed by atoms with Crippen molar-refractivity contribution in [3.8, 4) is 0 Å². The second-order valence-corrected chi connectivity index (χ2v) is 5.49. The Kier molecular flexibility index (Phi) is 5.23. The molecule has 4 N–H and O–H groups in total. The van der Waals surface area contributed by atoms with E-state index >= 15 is 0 Å². The molecular formula is C14H20ClN3O2. The van der Waals surface area contributed by atoms with Crippen LogP contribution in [0.15, 0.2) is 18.2 Å². The lowest BCUT2D eigenvalue weighted by molar-refractivity contribution is -0.118. The van der Waals surface area contributed by atoms with Crippen molar-refractivity contribution < 1.29 is 9.90 Å². The monoisotopic (exact) mass is 297 g/mol. The van der Waals surface area contributed by atoms with Gasteiger partial charge in [-0.05, 0) is 31.0 Å². The van der Waals surface area contributed by atoms with Crippen LogP contribution >= 0.6 is 11.6 Å². The van der Waals surface area contributed by atoms with Crippen LogP contribution in [0, 0.1) is 0 Å². The number of carbonyl (C=O) groups is 1. The van der Waals surface area contributed by atoms with Crippen molar-refractivity contribution in [3.05, 3.63) is 23.2 Å². The van der Waals surface area contributed by atoms with Gasteiger partial charge in [-0.1, -0.05) is 18.0 Å². The number of hydrogen-bond donors (Lipinski definition) is 3. The number of nitrogens with one attached hydrogen (secondary N) is 1. The van der Waals surface area contributed by atoms with Crippen LogP contribution in [0.4, 0.5) is 11.4 Å². The van der Waals surface area contributed by atoms with Crippen LogP contribution in [0.2, 0.25) is 5.02 Å². The molecule has 1 aliphatic rings. The fourth-order valence-corrected chi connectivity index (χ4v) is 2.45. The molecule has 5 nitrogen and oxygen atoms in total. The number of anilines is 2. The number of nitrogens with two attached hydrogens (primary N) is 1. The van der Waals surface area contributed by atoms with E-state index in [1.807, 2.05) is 4.90 Å². The van der Waals surface area contributed by atoms with E-state index < -0.39 is 0 Å². The zero-order valence-corrected chi connectivity index (χ0v) is 12.1. The average Bonchev–Trinajstić information content (AvgIpc) is 2.32. The molecule has 0 spiro atoms. The summed E-state index contributed by atoms with van der Waals surface area (Å²) in [7, 11) is 0. The lowest BCUT2D eigenvalue weighted by Crippen LogP contribution is -2.45. The van der Waals surface area contributed by atoms with Crippen molar-refractivity contribution >= 4 is 28.9 Å². The third kappa shape index (κ3) is 3.85. The molecule has 0 heterocycles. The highest BCUT2D eigenvalue weighted by molar-refractivity contribution is 6.31. The van der Waals surface area contributed by atoms with Crippen LogP contribution < -0.4 is 11.1 Å². The third-order valence-corrected chi connectivity index (χ3v) is 3.85. The summed E-state index contributed by atoms with van der Waals surface area (Å²) in [6.45, 7) is 0.837. The number of aliphatic hydroxyl groups excluding tert-OH is 1. The van der Waals surface area contributed by atoms with Gasteiger partial charge < -0.3 is 16.2 Å². The van der Waals surface area contributed by atoms with E-state index in [0.29, 0.717) is 29.0 Å². The minimum Gasteiger partial charge on any atom is -0.397 e. The van der Waals surface area contributed by atoms with E-state index in [0.717, 1.165) is 12.8 Å². The molecule has 1 fully saturated rings. The minimum absolute atomic E-state index is 0.0586. The smallest absolute Gasteiger partial charge is 0.238 e. The average molecular weight is 298 g/mol. The SMILES string of the molecule is Nc1ccc(Cl)cc1NC(=O)CN(CCO)C1CCC1. The van der Waals surface area contributed by atoms with Gasteiger partial charge in [-0.25, -0.2) is 0 Å². The highest BCUT2D eigenvalue weighted by Gasteiger charge is 2.26. The lowest BCUT2D eigenvalue weighted by atomic mass is 9.91.